The molecule has 0 aromatic carbocycles. The molecule has 0 fully saturated rings. The zero-order valence-corrected chi connectivity index (χ0v) is 8.83. The molecule has 14 heavy (non-hydrogen) atoms. The van der Waals surface area contributed by atoms with Crippen molar-refractivity contribution in [3.05, 3.63) is 35.3 Å². The predicted octanol–water partition coefficient (Wildman–Crippen LogP) is 2.99. The molecule has 0 amide bonds. The van der Waals surface area contributed by atoms with Crippen LogP contribution in [0.25, 0.3) is 5.57 Å². The lowest BCUT2D eigenvalue weighted by molar-refractivity contribution is 1.20. The lowest BCUT2D eigenvalue weighted by Gasteiger charge is -2.02. The Kier molecular flexibility index (Phi) is 2.20. The SMILES string of the molecule is CC1=NC(C)=C(c2ccc(C)cn2)C1. The first-order valence-corrected chi connectivity index (χ1v) is 4.84. The minimum absolute atomic E-state index is 0.946. The molecule has 1 aromatic rings. The molecule has 0 saturated carbocycles. The molecule has 1 aromatic heterocycles. The van der Waals surface area contributed by atoms with Crippen LogP contribution in [0.1, 0.15) is 31.5 Å². The molecule has 2 nitrogen and oxygen atoms in total. The largest absolute Gasteiger partial charge is 0.262 e. The van der Waals surface area contributed by atoms with Crippen LogP contribution in [-0.4, -0.2) is 10.7 Å². The Morgan fingerprint density at radius 2 is 1.93 bits per heavy atom. The highest BCUT2D eigenvalue weighted by Gasteiger charge is 2.14. The summed E-state index contributed by atoms with van der Waals surface area (Å²) in [6, 6.07) is 4.17. The molecule has 2 heterocycles. The Morgan fingerprint density at radius 1 is 1.14 bits per heavy atom. The summed E-state index contributed by atoms with van der Waals surface area (Å²) in [6.45, 7) is 6.16. The summed E-state index contributed by atoms with van der Waals surface area (Å²) in [5.74, 6) is 0. The Hall–Kier alpha value is -1.44. The van der Waals surface area contributed by atoms with Crippen LogP contribution in [0.2, 0.25) is 0 Å². The number of nitrogens with zero attached hydrogens (tertiary/aromatic N) is 2. The summed E-state index contributed by atoms with van der Waals surface area (Å²) in [6.07, 6.45) is 2.85. The van der Waals surface area contributed by atoms with Crippen LogP contribution in [0, 0.1) is 6.92 Å². The van der Waals surface area contributed by atoms with Gasteiger partial charge in [0.1, 0.15) is 0 Å². The van der Waals surface area contributed by atoms with Crippen molar-refractivity contribution in [2.24, 2.45) is 4.99 Å². The van der Waals surface area contributed by atoms with Crippen LogP contribution in [0.15, 0.2) is 29.0 Å². The summed E-state index contributed by atoms with van der Waals surface area (Å²) < 4.78 is 0. The van der Waals surface area contributed by atoms with Crippen LogP contribution in [0.4, 0.5) is 0 Å². The van der Waals surface area contributed by atoms with Gasteiger partial charge in [0.15, 0.2) is 0 Å². The third-order valence-electron chi connectivity index (χ3n) is 2.45. The monoisotopic (exact) mass is 186 g/mol. The Bertz CT molecular complexity index is 410. The van der Waals surface area contributed by atoms with Gasteiger partial charge in [-0.25, -0.2) is 0 Å². The molecule has 72 valence electrons. The molecule has 0 aliphatic carbocycles. The number of aryl methyl sites for hydroxylation is 1. The van der Waals surface area contributed by atoms with Gasteiger partial charge in [0, 0.05) is 29.6 Å². The van der Waals surface area contributed by atoms with Crippen molar-refractivity contribution in [1.29, 1.82) is 0 Å². The second-order valence-electron chi connectivity index (χ2n) is 3.81. The van der Waals surface area contributed by atoms with Crippen molar-refractivity contribution in [3.63, 3.8) is 0 Å². The van der Waals surface area contributed by atoms with Gasteiger partial charge in [0.25, 0.3) is 0 Å². The molecule has 0 unspecified atom stereocenters. The van der Waals surface area contributed by atoms with Gasteiger partial charge in [-0.3, -0.25) is 9.98 Å². The van der Waals surface area contributed by atoms with E-state index in [-0.39, 0.29) is 0 Å². The minimum Gasteiger partial charge on any atom is -0.262 e. The van der Waals surface area contributed by atoms with E-state index < -0.39 is 0 Å². The van der Waals surface area contributed by atoms with E-state index in [1.165, 1.54) is 16.8 Å². The first kappa shape index (κ1) is 9.13. The van der Waals surface area contributed by atoms with E-state index in [9.17, 15) is 0 Å². The predicted molar refractivity (Wildman–Crippen MR) is 59.3 cm³/mol. The molecule has 0 N–H and O–H groups in total. The van der Waals surface area contributed by atoms with Crippen molar-refractivity contribution in [2.45, 2.75) is 27.2 Å². The summed E-state index contributed by atoms with van der Waals surface area (Å²) >= 11 is 0. The maximum Gasteiger partial charge on any atom is 0.0683 e. The van der Waals surface area contributed by atoms with Crippen LogP contribution >= 0.6 is 0 Å². The van der Waals surface area contributed by atoms with Gasteiger partial charge in [0.05, 0.1) is 5.69 Å². The number of hydrogen-bond donors (Lipinski definition) is 0. The second-order valence-corrected chi connectivity index (χ2v) is 3.81. The number of rotatable bonds is 1. The summed E-state index contributed by atoms with van der Waals surface area (Å²) in [5, 5.41) is 0. The van der Waals surface area contributed by atoms with E-state index in [0.717, 1.165) is 17.8 Å². The average molecular weight is 186 g/mol. The highest BCUT2D eigenvalue weighted by Crippen LogP contribution is 2.27. The molecule has 1 aliphatic heterocycles. The molecule has 1 aliphatic rings. The van der Waals surface area contributed by atoms with Crippen LogP contribution in [0.3, 0.4) is 0 Å². The number of pyridine rings is 1. The summed E-state index contributed by atoms with van der Waals surface area (Å²) in [4.78, 5) is 8.84. The number of hydrogen-bond acceptors (Lipinski definition) is 2. The first-order chi connectivity index (χ1) is 6.66. The Balaban J connectivity index is 2.35. The lowest BCUT2D eigenvalue weighted by atomic mass is 10.1. The second kappa shape index (κ2) is 3.37. The molecule has 0 atom stereocenters. The Morgan fingerprint density at radius 3 is 2.43 bits per heavy atom. The van der Waals surface area contributed by atoms with Gasteiger partial charge in [-0.1, -0.05) is 6.07 Å². The van der Waals surface area contributed by atoms with E-state index >= 15 is 0 Å². The summed E-state index contributed by atoms with van der Waals surface area (Å²) in [7, 11) is 0. The minimum atomic E-state index is 0.946. The third kappa shape index (κ3) is 1.60. The highest BCUT2D eigenvalue weighted by atomic mass is 14.8. The van der Waals surface area contributed by atoms with E-state index in [0.29, 0.717) is 0 Å². The van der Waals surface area contributed by atoms with E-state index in [1.807, 2.05) is 13.1 Å². The Labute approximate surface area is 84.4 Å². The first-order valence-electron chi connectivity index (χ1n) is 4.84. The van der Waals surface area contributed by atoms with E-state index in [4.69, 9.17) is 0 Å². The van der Waals surface area contributed by atoms with Crippen LogP contribution in [-0.2, 0) is 0 Å². The van der Waals surface area contributed by atoms with Gasteiger partial charge in [-0.2, -0.15) is 0 Å². The number of allylic oxidation sites excluding steroid dienone is 2. The van der Waals surface area contributed by atoms with Crippen molar-refractivity contribution in [2.75, 3.05) is 0 Å². The quantitative estimate of drug-likeness (QED) is 0.662. The van der Waals surface area contributed by atoms with Gasteiger partial charge in [0.2, 0.25) is 0 Å². The average Bonchev–Trinajstić information content (AvgIpc) is 2.47. The molecule has 2 heteroatoms. The van der Waals surface area contributed by atoms with Gasteiger partial charge < -0.3 is 0 Å². The number of aliphatic imine (C=N–C) groups is 1. The maximum absolute atomic E-state index is 4.43. The standard InChI is InChI=1S/C12H14N2/c1-8-4-5-12(13-7-8)11-6-9(2)14-10(11)3/h4-5,7H,6H2,1-3H3. The van der Waals surface area contributed by atoms with Crippen molar-refractivity contribution < 1.29 is 0 Å². The maximum atomic E-state index is 4.43. The molecule has 0 saturated heterocycles. The third-order valence-corrected chi connectivity index (χ3v) is 2.45. The molecule has 0 radical (unpaired) electrons. The van der Waals surface area contributed by atoms with Crippen molar-refractivity contribution >= 4 is 11.3 Å². The lowest BCUT2D eigenvalue weighted by Crippen LogP contribution is -1.91. The summed E-state index contributed by atoms with van der Waals surface area (Å²) in [5.41, 5.74) is 5.82. The van der Waals surface area contributed by atoms with Gasteiger partial charge in [-0.05, 0) is 32.4 Å². The van der Waals surface area contributed by atoms with E-state index in [1.54, 1.807) is 0 Å². The van der Waals surface area contributed by atoms with Gasteiger partial charge >= 0.3 is 0 Å². The molecular formula is C12H14N2. The molecule has 0 spiro atoms. The zero-order chi connectivity index (χ0) is 10.1. The van der Waals surface area contributed by atoms with Crippen molar-refractivity contribution in [1.82, 2.24) is 4.98 Å². The normalized spacial score (nSPS) is 16.1. The number of aromatic nitrogens is 1. The molecular weight excluding hydrogens is 172 g/mol. The molecule has 0 bridgehead atoms. The van der Waals surface area contributed by atoms with Gasteiger partial charge in [-0.15, -0.1) is 0 Å². The van der Waals surface area contributed by atoms with E-state index in [2.05, 4.69) is 36.0 Å². The fourth-order valence-corrected chi connectivity index (χ4v) is 1.70. The topological polar surface area (TPSA) is 25.2 Å². The molecule has 2 rings (SSSR count). The fourth-order valence-electron chi connectivity index (χ4n) is 1.70. The van der Waals surface area contributed by atoms with Crippen LogP contribution in [0.5, 0.6) is 0 Å². The fraction of sp³-hybridized carbons (Fsp3) is 0.333. The van der Waals surface area contributed by atoms with Crippen LogP contribution < -0.4 is 0 Å². The zero-order valence-electron chi connectivity index (χ0n) is 8.83. The smallest absolute Gasteiger partial charge is 0.0683 e. The van der Waals surface area contributed by atoms with Crippen molar-refractivity contribution in [3.8, 4) is 0 Å². The highest BCUT2D eigenvalue weighted by molar-refractivity contribution is 5.97.